The molecule has 0 amide bonds. The zero-order valence-corrected chi connectivity index (χ0v) is 12.5. The third-order valence-corrected chi connectivity index (χ3v) is 2.92. The number of pyridine rings is 1. The van der Waals surface area contributed by atoms with Gasteiger partial charge in [-0.2, -0.15) is 4.98 Å². The molecule has 3 N–H and O–H groups in total. The van der Waals surface area contributed by atoms with Gasteiger partial charge >= 0.3 is 0 Å². The van der Waals surface area contributed by atoms with Crippen molar-refractivity contribution in [3.8, 4) is 5.88 Å². The molecule has 6 heteroatoms. The van der Waals surface area contributed by atoms with Crippen LogP contribution in [0.3, 0.4) is 0 Å². The molecule has 0 atom stereocenters. The molecule has 0 saturated heterocycles. The maximum Gasteiger partial charge on any atom is 0.242 e. The molecule has 2 heterocycles. The van der Waals surface area contributed by atoms with E-state index in [2.05, 4.69) is 27.2 Å². The summed E-state index contributed by atoms with van der Waals surface area (Å²) in [5.41, 5.74) is 7.63. The van der Waals surface area contributed by atoms with Gasteiger partial charge in [-0.05, 0) is 31.0 Å². The predicted octanol–water partition coefficient (Wildman–Crippen LogP) is 2.42. The van der Waals surface area contributed by atoms with Crippen molar-refractivity contribution in [1.29, 1.82) is 0 Å². The summed E-state index contributed by atoms with van der Waals surface area (Å²) in [6.07, 6.45) is 5.28. The number of rotatable bonds is 7. The van der Waals surface area contributed by atoms with E-state index in [9.17, 15) is 0 Å². The van der Waals surface area contributed by atoms with Gasteiger partial charge in [0.2, 0.25) is 5.88 Å². The minimum Gasteiger partial charge on any atom is -0.476 e. The fourth-order valence-corrected chi connectivity index (χ4v) is 1.90. The molecule has 0 aliphatic heterocycles. The largest absolute Gasteiger partial charge is 0.476 e. The molecule has 2 aromatic heterocycles. The standard InChI is InChI=1S/C15H21N5O/c1-3-5-12-19-14(13(16)15(20-12)21-4-2)18-10-11-6-8-17-9-7-11/h6-9H,3-5,10,16H2,1-2H3,(H,18,19,20). The smallest absolute Gasteiger partial charge is 0.242 e. The number of ether oxygens (including phenoxy) is 1. The van der Waals surface area contributed by atoms with Gasteiger partial charge in [0, 0.05) is 25.4 Å². The topological polar surface area (TPSA) is 86.0 Å². The zero-order valence-electron chi connectivity index (χ0n) is 12.5. The molecule has 2 rings (SSSR count). The van der Waals surface area contributed by atoms with Gasteiger partial charge in [-0.25, -0.2) is 4.98 Å². The third-order valence-electron chi connectivity index (χ3n) is 2.92. The highest BCUT2D eigenvalue weighted by molar-refractivity contribution is 5.67. The van der Waals surface area contributed by atoms with Crippen LogP contribution in [0.25, 0.3) is 0 Å². The minimum atomic E-state index is 0.450. The number of nitrogens with zero attached hydrogens (tertiary/aromatic N) is 3. The van der Waals surface area contributed by atoms with Gasteiger partial charge in [-0.1, -0.05) is 6.92 Å². The lowest BCUT2D eigenvalue weighted by atomic mass is 10.2. The molecule has 0 fully saturated rings. The summed E-state index contributed by atoms with van der Waals surface area (Å²) in [6, 6.07) is 3.89. The lowest BCUT2D eigenvalue weighted by molar-refractivity contribution is 0.327. The van der Waals surface area contributed by atoms with Crippen molar-refractivity contribution in [2.75, 3.05) is 17.7 Å². The molecular formula is C15H21N5O. The van der Waals surface area contributed by atoms with Gasteiger partial charge in [-0.3, -0.25) is 4.98 Å². The van der Waals surface area contributed by atoms with E-state index in [-0.39, 0.29) is 0 Å². The summed E-state index contributed by atoms with van der Waals surface area (Å²) in [7, 11) is 0. The van der Waals surface area contributed by atoms with Gasteiger partial charge in [0.25, 0.3) is 0 Å². The van der Waals surface area contributed by atoms with Gasteiger partial charge < -0.3 is 15.8 Å². The van der Waals surface area contributed by atoms with Crippen LogP contribution in [0.4, 0.5) is 11.5 Å². The van der Waals surface area contributed by atoms with Gasteiger partial charge in [0.15, 0.2) is 5.82 Å². The Balaban J connectivity index is 2.20. The number of anilines is 2. The Morgan fingerprint density at radius 1 is 1.19 bits per heavy atom. The van der Waals surface area contributed by atoms with Gasteiger partial charge in [-0.15, -0.1) is 0 Å². The first-order valence-electron chi connectivity index (χ1n) is 7.16. The van der Waals surface area contributed by atoms with Crippen LogP contribution in [-0.2, 0) is 13.0 Å². The normalized spacial score (nSPS) is 10.4. The Morgan fingerprint density at radius 3 is 2.62 bits per heavy atom. The highest BCUT2D eigenvalue weighted by Crippen LogP contribution is 2.26. The van der Waals surface area contributed by atoms with Crippen LogP contribution in [0, 0.1) is 0 Å². The Kier molecular flexibility index (Phi) is 5.31. The Hall–Kier alpha value is -2.37. The quantitative estimate of drug-likeness (QED) is 0.813. The molecule has 0 aromatic carbocycles. The van der Waals surface area contributed by atoms with Crippen LogP contribution in [0.2, 0.25) is 0 Å². The Labute approximate surface area is 124 Å². The molecule has 0 aliphatic rings. The Bertz CT molecular complexity index is 574. The van der Waals surface area contributed by atoms with E-state index in [0.717, 1.165) is 24.2 Å². The molecule has 21 heavy (non-hydrogen) atoms. The van der Waals surface area contributed by atoms with E-state index < -0.39 is 0 Å². The van der Waals surface area contributed by atoms with Crippen LogP contribution in [0.1, 0.15) is 31.7 Å². The second kappa shape index (κ2) is 7.42. The molecular weight excluding hydrogens is 266 g/mol. The van der Waals surface area contributed by atoms with E-state index in [1.54, 1.807) is 12.4 Å². The summed E-state index contributed by atoms with van der Waals surface area (Å²) in [5, 5.41) is 3.24. The van der Waals surface area contributed by atoms with Crippen LogP contribution < -0.4 is 15.8 Å². The summed E-state index contributed by atoms with van der Waals surface area (Å²) in [5.74, 6) is 1.81. The fourth-order valence-electron chi connectivity index (χ4n) is 1.90. The van der Waals surface area contributed by atoms with Crippen molar-refractivity contribution in [2.24, 2.45) is 0 Å². The van der Waals surface area contributed by atoms with Gasteiger partial charge in [0.1, 0.15) is 11.5 Å². The van der Waals surface area contributed by atoms with Crippen LogP contribution in [0.5, 0.6) is 5.88 Å². The average molecular weight is 287 g/mol. The lowest BCUT2D eigenvalue weighted by Crippen LogP contribution is -2.11. The number of nitrogen functional groups attached to an aromatic ring is 1. The molecule has 0 unspecified atom stereocenters. The molecule has 6 nitrogen and oxygen atoms in total. The molecule has 0 saturated carbocycles. The Morgan fingerprint density at radius 2 is 1.95 bits per heavy atom. The van der Waals surface area contributed by atoms with Crippen molar-refractivity contribution in [3.05, 3.63) is 35.9 Å². The summed E-state index contributed by atoms with van der Waals surface area (Å²) >= 11 is 0. The number of nitrogens with one attached hydrogen (secondary N) is 1. The van der Waals surface area contributed by atoms with E-state index in [1.165, 1.54) is 0 Å². The van der Waals surface area contributed by atoms with E-state index >= 15 is 0 Å². The maximum atomic E-state index is 6.07. The van der Waals surface area contributed by atoms with E-state index in [1.807, 2.05) is 19.1 Å². The van der Waals surface area contributed by atoms with Crippen molar-refractivity contribution in [3.63, 3.8) is 0 Å². The molecule has 0 radical (unpaired) electrons. The monoisotopic (exact) mass is 287 g/mol. The molecule has 0 aliphatic carbocycles. The fraction of sp³-hybridized carbons (Fsp3) is 0.400. The summed E-state index contributed by atoms with van der Waals surface area (Å²) in [4.78, 5) is 12.8. The lowest BCUT2D eigenvalue weighted by Gasteiger charge is -2.13. The average Bonchev–Trinajstić information content (AvgIpc) is 2.50. The molecule has 0 bridgehead atoms. The second-order valence-corrected chi connectivity index (χ2v) is 4.60. The van der Waals surface area contributed by atoms with E-state index in [4.69, 9.17) is 10.5 Å². The highest BCUT2D eigenvalue weighted by Gasteiger charge is 2.12. The number of hydrogen-bond donors (Lipinski definition) is 2. The third kappa shape index (κ3) is 4.05. The maximum absolute atomic E-state index is 6.07. The van der Waals surface area contributed by atoms with Crippen LogP contribution >= 0.6 is 0 Å². The molecule has 0 spiro atoms. The molecule has 112 valence electrons. The predicted molar refractivity (Wildman–Crippen MR) is 83.2 cm³/mol. The highest BCUT2D eigenvalue weighted by atomic mass is 16.5. The number of hydrogen-bond acceptors (Lipinski definition) is 6. The van der Waals surface area contributed by atoms with Crippen molar-refractivity contribution >= 4 is 11.5 Å². The second-order valence-electron chi connectivity index (χ2n) is 4.60. The SMILES string of the molecule is CCCc1nc(NCc2ccncc2)c(N)c(OCC)n1. The van der Waals surface area contributed by atoms with Crippen molar-refractivity contribution in [1.82, 2.24) is 15.0 Å². The first-order valence-corrected chi connectivity index (χ1v) is 7.16. The minimum absolute atomic E-state index is 0.450. The summed E-state index contributed by atoms with van der Waals surface area (Å²) in [6.45, 7) is 5.15. The number of aryl methyl sites for hydroxylation is 1. The number of aromatic nitrogens is 3. The number of nitrogens with two attached hydrogens (primary N) is 1. The first-order chi connectivity index (χ1) is 10.2. The van der Waals surface area contributed by atoms with Crippen molar-refractivity contribution < 1.29 is 4.74 Å². The van der Waals surface area contributed by atoms with Gasteiger partial charge in [0.05, 0.1) is 6.61 Å². The van der Waals surface area contributed by atoms with Crippen molar-refractivity contribution in [2.45, 2.75) is 33.2 Å². The first kappa shape index (κ1) is 15.0. The van der Waals surface area contributed by atoms with Crippen LogP contribution in [-0.4, -0.2) is 21.6 Å². The zero-order chi connectivity index (χ0) is 15.1. The van der Waals surface area contributed by atoms with Crippen LogP contribution in [0.15, 0.2) is 24.5 Å². The summed E-state index contributed by atoms with van der Waals surface area (Å²) < 4.78 is 5.49. The molecule has 2 aromatic rings. The van der Waals surface area contributed by atoms with E-state index in [0.29, 0.717) is 30.5 Å².